The van der Waals surface area contributed by atoms with Crippen molar-refractivity contribution >= 4 is 5.97 Å². The summed E-state index contributed by atoms with van der Waals surface area (Å²) < 4.78 is 0. The van der Waals surface area contributed by atoms with Crippen molar-refractivity contribution in [2.75, 3.05) is 0 Å². The molecule has 0 atom stereocenters. The Morgan fingerprint density at radius 2 is 2.08 bits per heavy atom. The summed E-state index contributed by atoms with van der Waals surface area (Å²) in [5.41, 5.74) is 0.0222. The molecule has 0 fully saturated rings. The average Bonchev–Trinajstić information content (AvgIpc) is 1.98. The highest BCUT2D eigenvalue weighted by molar-refractivity contribution is 5.79. The lowest BCUT2D eigenvalue weighted by molar-refractivity contribution is -0.131. The maximum absolute atomic E-state index is 10.2. The number of carboxylic acids is 1. The van der Waals surface area contributed by atoms with Crippen LogP contribution in [0.25, 0.3) is 0 Å². The first-order valence-electron chi connectivity index (χ1n) is 4.40. The van der Waals surface area contributed by atoms with Crippen LogP contribution in [-0.2, 0) is 4.79 Å². The summed E-state index contributed by atoms with van der Waals surface area (Å²) in [6, 6.07) is 0. The normalized spacial score (nSPS) is 12.2. The molecule has 1 N–H and O–H groups in total. The van der Waals surface area contributed by atoms with E-state index in [-0.39, 0.29) is 5.41 Å². The minimum absolute atomic E-state index is 0.0222. The molecule has 2 heteroatoms. The quantitative estimate of drug-likeness (QED) is 0.644. The summed E-state index contributed by atoms with van der Waals surface area (Å²) in [7, 11) is 0. The molecule has 70 valence electrons. The van der Waals surface area contributed by atoms with Crippen LogP contribution in [0.15, 0.2) is 12.2 Å². The van der Waals surface area contributed by atoms with E-state index in [9.17, 15) is 4.79 Å². The van der Waals surface area contributed by atoms with Crippen molar-refractivity contribution in [2.45, 2.75) is 40.0 Å². The molecule has 0 aromatic heterocycles. The molecule has 0 aliphatic heterocycles. The average molecular weight is 170 g/mol. The zero-order valence-electron chi connectivity index (χ0n) is 8.13. The third-order valence-corrected chi connectivity index (χ3v) is 1.85. The predicted molar refractivity (Wildman–Crippen MR) is 50.1 cm³/mol. The summed E-state index contributed by atoms with van der Waals surface area (Å²) in [6.07, 6.45) is 6.36. The lowest BCUT2D eigenvalue weighted by Gasteiger charge is -2.18. The number of hydrogen-bond acceptors (Lipinski definition) is 1. The number of aliphatic carboxylic acids is 1. The molecule has 0 aliphatic rings. The largest absolute Gasteiger partial charge is 0.478 e. The van der Waals surface area contributed by atoms with Gasteiger partial charge in [0.1, 0.15) is 0 Å². The van der Waals surface area contributed by atoms with Gasteiger partial charge in [0.2, 0.25) is 0 Å². The van der Waals surface area contributed by atoms with Gasteiger partial charge in [0.15, 0.2) is 0 Å². The fourth-order valence-electron chi connectivity index (χ4n) is 1.01. The summed E-state index contributed by atoms with van der Waals surface area (Å²) >= 11 is 0. The molecular formula is C10H18O2. The number of rotatable bonds is 5. The first kappa shape index (κ1) is 11.2. The third-order valence-electron chi connectivity index (χ3n) is 1.85. The molecule has 0 bridgehead atoms. The Kier molecular flexibility index (Phi) is 4.64. The van der Waals surface area contributed by atoms with Gasteiger partial charge < -0.3 is 5.11 Å². The van der Waals surface area contributed by atoms with Crippen LogP contribution < -0.4 is 0 Å². The summed E-state index contributed by atoms with van der Waals surface area (Å²) in [5.74, 6) is -0.862. The van der Waals surface area contributed by atoms with Gasteiger partial charge >= 0.3 is 5.97 Å². The second kappa shape index (κ2) is 4.96. The summed E-state index contributed by atoms with van der Waals surface area (Å²) in [6.45, 7) is 6.25. The second-order valence-electron chi connectivity index (χ2n) is 3.76. The molecule has 0 heterocycles. The fourth-order valence-corrected chi connectivity index (χ4v) is 1.01. The molecule has 2 nitrogen and oxygen atoms in total. The first-order chi connectivity index (χ1) is 5.48. The van der Waals surface area contributed by atoms with Crippen LogP contribution in [-0.4, -0.2) is 11.1 Å². The molecule has 0 spiro atoms. The van der Waals surface area contributed by atoms with E-state index < -0.39 is 5.97 Å². The first-order valence-corrected chi connectivity index (χ1v) is 4.40. The van der Waals surface area contributed by atoms with Crippen molar-refractivity contribution in [1.29, 1.82) is 0 Å². The maximum Gasteiger partial charge on any atom is 0.327 e. The van der Waals surface area contributed by atoms with Crippen LogP contribution in [0.1, 0.15) is 40.0 Å². The lowest BCUT2D eigenvalue weighted by Crippen LogP contribution is -2.07. The highest BCUT2D eigenvalue weighted by Gasteiger charge is 2.12. The SMILES string of the molecule is CCCCC(C)(C)C=CC(=O)O. The van der Waals surface area contributed by atoms with Crippen molar-refractivity contribution in [3.8, 4) is 0 Å². The molecule has 0 rings (SSSR count). The van der Waals surface area contributed by atoms with E-state index in [4.69, 9.17) is 5.11 Å². The molecule has 0 aliphatic carbocycles. The Bertz CT molecular complexity index is 169. The number of allylic oxidation sites excluding steroid dienone is 1. The van der Waals surface area contributed by atoms with Crippen molar-refractivity contribution in [3.63, 3.8) is 0 Å². The van der Waals surface area contributed by atoms with Crippen molar-refractivity contribution in [2.24, 2.45) is 5.41 Å². The lowest BCUT2D eigenvalue weighted by atomic mass is 9.87. The zero-order valence-corrected chi connectivity index (χ0v) is 8.13. The second-order valence-corrected chi connectivity index (χ2v) is 3.76. The van der Waals surface area contributed by atoms with E-state index in [1.165, 1.54) is 6.08 Å². The zero-order chi connectivity index (χ0) is 9.61. The van der Waals surface area contributed by atoms with E-state index >= 15 is 0 Å². The van der Waals surface area contributed by atoms with Gasteiger partial charge in [-0.05, 0) is 11.8 Å². The molecule has 0 radical (unpaired) electrons. The number of hydrogen-bond donors (Lipinski definition) is 1. The van der Waals surface area contributed by atoms with Crippen molar-refractivity contribution in [3.05, 3.63) is 12.2 Å². The van der Waals surface area contributed by atoms with Crippen LogP contribution in [0, 0.1) is 5.41 Å². The summed E-state index contributed by atoms with van der Waals surface area (Å²) in [5, 5.41) is 8.42. The van der Waals surface area contributed by atoms with Crippen LogP contribution in [0.3, 0.4) is 0 Å². The van der Waals surface area contributed by atoms with Crippen molar-refractivity contribution < 1.29 is 9.90 Å². The Labute approximate surface area is 74.3 Å². The maximum atomic E-state index is 10.2. The molecule has 0 saturated carbocycles. The van der Waals surface area contributed by atoms with Gasteiger partial charge in [-0.3, -0.25) is 0 Å². The van der Waals surface area contributed by atoms with Gasteiger partial charge in [0.25, 0.3) is 0 Å². The summed E-state index contributed by atoms with van der Waals surface area (Å²) in [4.78, 5) is 10.2. The minimum Gasteiger partial charge on any atom is -0.478 e. The molecular weight excluding hydrogens is 152 g/mol. The highest BCUT2D eigenvalue weighted by Crippen LogP contribution is 2.24. The standard InChI is InChI=1S/C10H18O2/c1-4-5-7-10(2,3)8-6-9(11)12/h6,8H,4-5,7H2,1-3H3,(H,11,12). The monoisotopic (exact) mass is 170 g/mol. The topological polar surface area (TPSA) is 37.3 Å². The van der Waals surface area contributed by atoms with Gasteiger partial charge in [0.05, 0.1) is 0 Å². The number of carboxylic acid groups (broad SMARTS) is 1. The van der Waals surface area contributed by atoms with E-state index in [0.717, 1.165) is 19.3 Å². The molecule has 0 saturated heterocycles. The Morgan fingerprint density at radius 1 is 1.50 bits per heavy atom. The highest BCUT2D eigenvalue weighted by atomic mass is 16.4. The van der Waals surface area contributed by atoms with Gasteiger partial charge in [-0.1, -0.05) is 39.7 Å². The minimum atomic E-state index is -0.862. The van der Waals surface area contributed by atoms with E-state index in [2.05, 4.69) is 20.8 Å². The van der Waals surface area contributed by atoms with Crippen LogP contribution in [0.5, 0.6) is 0 Å². The Hall–Kier alpha value is -0.790. The number of unbranched alkanes of at least 4 members (excludes halogenated alkanes) is 1. The smallest absolute Gasteiger partial charge is 0.327 e. The van der Waals surface area contributed by atoms with Crippen LogP contribution in [0.2, 0.25) is 0 Å². The Morgan fingerprint density at radius 3 is 2.50 bits per heavy atom. The fraction of sp³-hybridized carbons (Fsp3) is 0.700. The molecule has 0 unspecified atom stereocenters. The van der Waals surface area contributed by atoms with Crippen LogP contribution in [0.4, 0.5) is 0 Å². The number of carbonyl (C=O) groups is 1. The van der Waals surface area contributed by atoms with Gasteiger partial charge in [-0.25, -0.2) is 4.79 Å². The van der Waals surface area contributed by atoms with Crippen LogP contribution >= 0.6 is 0 Å². The third kappa shape index (κ3) is 5.96. The van der Waals surface area contributed by atoms with Gasteiger partial charge in [0, 0.05) is 6.08 Å². The predicted octanol–water partition coefficient (Wildman–Crippen LogP) is 2.84. The molecule has 0 aromatic rings. The van der Waals surface area contributed by atoms with Gasteiger partial charge in [-0.15, -0.1) is 0 Å². The van der Waals surface area contributed by atoms with E-state index in [1.54, 1.807) is 6.08 Å². The molecule has 12 heavy (non-hydrogen) atoms. The molecule has 0 amide bonds. The Balaban J connectivity index is 3.93. The van der Waals surface area contributed by atoms with Gasteiger partial charge in [-0.2, -0.15) is 0 Å². The van der Waals surface area contributed by atoms with E-state index in [0.29, 0.717) is 0 Å². The van der Waals surface area contributed by atoms with E-state index in [1.807, 2.05) is 0 Å². The molecule has 0 aromatic carbocycles. The van der Waals surface area contributed by atoms with Crippen molar-refractivity contribution in [1.82, 2.24) is 0 Å².